The van der Waals surface area contributed by atoms with Crippen molar-refractivity contribution < 1.29 is 23.2 Å². The fraction of sp³-hybridized carbons (Fsp3) is 0. The van der Waals surface area contributed by atoms with Crippen LogP contribution in [-0.2, 0) is 4.79 Å². The molecule has 154 valence electrons. The van der Waals surface area contributed by atoms with E-state index in [4.69, 9.17) is 0 Å². The van der Waals surface area contributed by atoms with Crippen LogP contribution >= 0.6 is 0 Å². The molecule has 0 bridgehead atoms. The van der Waals surface area contributed by atoms with Gasteiger partial charge in [-0.25, -0.2) is 0 Å². The number of carbonyl (C=O) groups is 1. The molecule has 0 N–H and O–H groups in total. The second-order valence-electron chi connectivity index (χ2n) is 7.52. The summed E-state index contributed by atoms with van der Waals surface area (Å²) < 4.78 is 6.16. The molecule has 0 saturated carbocycles. The van der Waals surface area contributed by atoms with E-state index in [0.717, 1.165) is 31.5 Å². The van der Waals surface area contributed by atoms with Crippen molar-refractivity contribution in [3.63, 3.8) is 0 Å². The summed E-state index contributed by atoms with van der Waals surface area (Å²) in [5.41, 5.74) is 2.48. The standard InChI is InChI=1S/C29H21IO.In/c31-22-30(25-15-6-2-7-16-25,26-17-8-3-9-18-26)28-21-20-23-12-10-11-19-27(23)29(28)24-13-4-1-5-14-24;/h1-13,15-22H;/q-1;. The summed E-state index contributed by atoms with van der Waals surface area (Å²) in [4.78, 5) is 13.3. The number of fused-ring (bicyclic) bond motifs is 1. The zero-order valence-electron chi connectivity index (χ0n) is 17.5. The van der Waals surface area contributed by atoms with E-state index in [-0.39, 0.29) is 0 Å². The molecule has 2 radical (unpaired) electrons. The third-order valence-corrected chi connectivity index (χ3v) is 16.0. The zero-order chi connectivity index (χ0) is 22.0. The van der Waals surface area contributed by atoms with Crippen LogP contribution in [0.2, 0.25) is 0 Å². The van der Waals surface area contributed by atoms with Crippen LogP contribution in [0.1, 0.15) is 0 Å². The number of carbonyl (C=O) groups excluding carboxylic acids is 1. The van der Waals surface area contributed by atoms with Gasteiger partial charge in [0.1, 0.15) is 0 Å². The fourth-order valence-electron chi connectivity index (χ4n) is 4.23. The molecule has 0 saturated heterocycles. The number of hydrogen-bond acceptors (Lipinski definition) is 1. The SMILES string of the molecule is O=C[I-](c1ccccc1)(c1ccccc1)c1ccc2ccccc2c1-c1cccc[c]1[In]. The van der Waals surface area contributed by atoms with E-state index in [0.29, 0.717) is 0 Å². The van der Waals surface area contributed by atoms with Gasteiger partial charge in [0.2, 0.25) is 0 Å². The fourth-order valence-corrected chi connectivity index (χ4v) is 13.4. The molecule has 0 spiro atoms. The Morgan fingerprint density at radius 2 is 1.16 bits per heavy atom. The van der Waals surface area contributed by atoms with Crippen molar-refractivity contribution in [1.82, 2.24) is 0 Å². The molecular weight excluding hydrogens is 606 g/mol. The Kier molecular flexibility index (Phi) is 6.20. The van der Waals surface area contributed by atoms with Crippen molar-refractivity contribution in [2.75, 3.05) is 0 Å². The van der Waals surface area contributed by atoms with Gasteiger partial charge in [0, 0.05) is 0 Å². The van der Waals surface area contributed by atoms with E-state index >= 15 is 0 Å². The molecule has 0 fully saturated rings. The summed E-state index contributed by atoms with van der Waals surface area (Å²) in [6.45, 7) is 0. The molecule has 0 unspecified atom stereocenters. The van der Waals surface area contributed by atoms with E-state index in [2.05, 4.69) is 109 Å². The molecule has 5 aromatic carbocycles. The molecule has 0 amide bonds. The van der Waals surface area contributed by atoms with Gasteiger partial charge in [-0.1, -0.05) is 0 Å². The summed E-state index contributed by atoms with van der Waals surface area (Å²) in [7, 11) is 0. The maximum absolute atomic E-state index is 13.3. The summed E-state index contributed by atoms with van der Waals surface area (Å²) in [5.74, 6) is 0. The topological polar surface area (TPSA) is 17.1 Å². The molecule has 1 nitrogen and oxygen atoms in total. The van der Waals surface area contributed by atoms with Crippen molar-refractivity contribution in [1.29, 1.82) is 0 Å². The zero-order valence-corrected chi connectivity index (χ0v) is 22.9. The number of halogens is 1. The van der Waals surface area contributed by atoms with Crippen LogP contribution in [0.15, 0.2) is 121 Å². The Morgan fingerprint density at radius 1 is 0.594 bits per heavy atom. The second-order valence-corrected chi connectivity index (χ2v) is 16.9. The molecular formula is C29H21IInO-. The average molecular weight is 627 g/mol. The van der Waals surface area contributed by atoms with Crippen LogP contribution in [0, 0.1) is 10.7 Å². The number of rotatable bonds is 5. The van der Waals surface area contributed by atoms with Crippen molar-refractivity contribution in [3.8, 4) is 11.1 Å². The van der Waals surface area contributed by atoms with Gasteiger partial charge in [0.25, 0.3) is 0 Å². The predicted octanol–water partition coefficient (Wildman–Crippen LogP) is 2.56. The molecule has 0 aliphatic carbocycles. The molecule has 0 aliphatic heterocycles. The minimum atomic E-state index is -3.53. The summed E-state index contributed by atoms with van der Waals surface area (Å²) in [5, 5.41) is 2.42. The molecule has 0 atom stereocenters. The van der Waals surface area contributed by atoms with Crippen molar-refractivity contribution in [2.24, 2.45) is 0 Å². The van der Waals surface area contributed by atoms with Crippen LogP contribution in [0.5, 0.6) is 0 Å². The summed E-state index contributed by atoms with van der Waals surface area (Å²) in [6.07, 6.45) is 0. The van der Waals surface area contributed by atoms with Crippen LogP contribution in [0.25, 0.3) is 21.9 Å². The van der Waals surface area contributed by atoms with Gasteiger partial charge in [0.15, 0.2) is 0 Å². The second kappa shape index (κ2) is 9.24. The van der Waals surface area contributed by atoms with E-state index in [1.54, 1.807) is 0 Å². The first-order valence-electron chi connectivity index (χ1n) is 10.4. The molecule has 3 heteroatoms. The van der Waals surface area contributed by atoms with Gasteiger partial charge in [-0.2, -0.15) is 0 Å². The van der Waals surface area contributed by atoms with Crippen LogP contribution in [-0.4, -0.2) is 28.7 Å². The first kappa shape index (κ1) is 21.5. The quantitative estimate of drug-likeness (QED) is 0.167. The Labute approximate surface area is 207 Å². The molecule has 5 rings (SSSR count). The van der Waals surface area contributed by atoms with Crippen molar-refractivity contribution in [2.45, 2.75) is 0 Å². The molecule has 0 aromatic heterocycles. The Balaban J connectivity index is 1.97. The van der Waals surface area contributed by atoms with Gasteiger partial charge < -0.3 is 0 Å². The predicted molar refractivity (Wildman–Crippen MR) is 130 cm³/mol. The monoisotopic (exact) mass is 627 g/mol. The van der Waals surface area contributed by atoms with E-state index in [9.17, 15) is 4.79 Å². The molecule has 0 heterocycles. The van der Waals surface area contributed by atoms with Crippen molar-refractivity contribution in [3.05, 3.63) is 132 Å². The van der Waals surface area contributed by atoms with Gasteiger partial charge in [-0.3, -0.25) is 0 Å². The molecule has 5 aromatic rings. The average Bonchev–Trinajstić information content (AvgIpc) is 2.86. The maximum atomic E-state index is 13.3. The summed E-state index contributed by atoms with van der Waals surface area (Å²) in [6, 6.07) is 42.5. The van der Waals surface area contributed by atoms with E-state index in [1.807, 2.05) is 12.1 Å². The molecule has 0 aliphatic rings. The van der Waals surface area contributed by atoms with Crippen LogP contribution in [0.3, 0.4) is 0 Å². The minimum absolute atomic E-state index is 1.02. The molecule has 32 heavy (non-hydrogen) atoms. The first-order valence-corrected chi connectivity index (χ1v) is 16.6. The first-order chi connectivity index (χ1) is 15.8. The van der Waals surface area contributed by atoms with Gasteiger partial charge in [-0.15, -0.1) is 0 Å². The van der Waals surface area contributed by atoms with E-state index < -0.39 is 18.4 Å². The normalized spacial score (nSPS) is 11.9. The third-order valence-electron chi connectivity index (χ3n) is 5.72. The Morgan fingerprint density at radius 3 is 1.78 bits per heavy atom. The Hall–Kier alpha value is -2.37. The number of hydrogen-bond donors (Lipinski definition) is 0. The van der Waals surface area contributed by atoms with Gasteiger partial charge in [-0.05, 0) is 0 Å². The van der Waals surface area contributed by atoms with Crippen molar-refractivity contribution >= 4 is 42.8 Å². The van der Waals surface area contributed by atoms with E-state index in [1.165, 1.54) is 33.1 Å². The Bertz CT molecular complexity index is 1360. The third kappa shape index (κ3) is 3.61. The van der Waals surface area contributed by atoms with Gasteiger partial charge in [0.05, 0.1) is 0 Å². The van der Waals surface area contributed by atoms with Crippen LogP contribution in [0.4, 0.5) is 0 Å². The number of benzene rings is 5. The van der Waals surface area contributed by atoms with Crippen LogP contribution < -0.4 is 21.8 Å². The van der Waals surface area contributed by atoms with Gasteiger partial charge >= 0.3 is 209 Å². The summed E-state index contributed by atoms with van der Waals surface area (Å²) >= 11 is -2.51.